The van der Waals surface area contributed by atoms with Crippen molar-refractivity contribution in [3.8, 4) is 33.8 Å². The van der Waals surface area contributed by atoms with Crippen LogP contribution < -0.4 is 20.1 Å². The smallest absolute Gasteiger partial charge is 0.161 e. The number of pyridine rings is 1. The van der Waals surface area contributed by atoms with E-state index in [0.717, 1.165) is 57.4 Å². The summed E-state index contributed by atoms with van der Waals surface area (Å²) in [6.45, 7) is 4.75. The molecule has 178 valence electrons. The van der Waals surface area contributed by atoms with Crippen molar-refractivity contribution in [2.45, 2.75) is 13.5 Å². The number of ether oxygens (including phenoxy) is 2. The van der Waals surface area contributed by atoms with Crippen LogP contribution in [0.15, 0.2) is 79.0 Å². The average Bonchev–Trinajstić information content (AvgIpc) is 2.90. The molecule has 0 aliphatic carbocycles. The van der Waals surface area contributed by atoms with Crippen LogP contribution in [0.3, 0.4) is 0 Å². The molecule has 5 rings (SSSR count). The summed E-state index contributed by atoms with van der Waals surface area (Å²) < 4.78 is 11.4. The minimum Gasteiger partial charge on any atom is -0.486 e. The van der Waals surface area contributed by atoms with Crippen LogP contribution in [-0.4, -0.2) is 36.5 Å². The first kappa shape index (κ1) is 22.9. The zero-order chi connectivity index (χ0) is 24.0. The molecule has 1 aliphatic rings. The molecule has 1 aliphatic heterocycles. The Bertz CT molecular complexity index is 1310. The fourth-order valence-electron chi connectivity index (χ4n) is 4.24. The Labute approximate surface area is 205 Å². The monoisotopic (exact) mass is 467 g/mol. The van der Waals surface area contributed by atoms with Gasteiger partial charge in [-0.05, 0) is 70.6 Å². The summed E-state index contributed by atoms with van der Waals surface area (Å²) in [6.07, 6.45) is 1.83. The summed E-state index contributed by atoms with van der Waals surface area (Å²) in [5.74, 6) is 2.37. The molecular formula is C29H29N3O3. The fraction of sp³-hybridized carbons (Fsp3) is 0.207. The molecule has 0 saturated heterocycles. The second-order valence-electron chi connectivity index (χ2n) is 8.49. The van der Waals surface area contributed by atoms with Gasteiger partial charge in [0, 0.05) is 25.0 Å². The number of benzene rings is 3. The van der Waals surface area contributed by atoms with Gasteiger partial charge >= 0.3 is 0 Å². The predicted octanol–water partition coefficient (Wildman–Crippen LogP) is 5.32. The molecule has 3 aromatic carbocycles. The SMILES string of the molecule is Cc1c(Nc2cc(-c3ccc(CNCCO)cc3)ccn2)cccc1-c1ccc2c(c1)OCCO2. The van der Waals surface area contributed by atoms with Crippen molar-refractivity contribution in [1.82, 2.24) is 10.3 Å². The first-order valence-corrected chi connectivity index (χ1v) is 11.8. The van der Waals surface area contributed by atoms with Gasteiger partial charge in [-0.3, -0.25) is 0 Å². The molecule has 1 aromatic heterocycles. The maximum atomic E-state index is 8.92. The third kappa shape index (κ3) is 5.29. The van der Waals surface area contributed by atoms with E-state index < -0.39 is 0 Å². The average molecular weight is 468 g/mol. The lowest BCUT2D eigenvalue weighted by Gasteiger charge is -2.20. The van der Waals surface area contributed by atoms with E-state index in [0.29, 0.717) is 19.8 Å². The Hall–Kier alpha value is -3.87. The second kappa shape index (κ2) is 10.6. The van der Waals surface area contributed by atoms with Crippen molar-refractivity contribution in [1.29, 1.82) is 0 Å². The van der Waals surface area contributed by atoms with Gasteiger partial charge in [0.15, 0.2) is 11.5 Å². The molecule has 3 N–H and O–H groups in total. The fourth-order valence-corrected chi connectivity index (χ4v) is 4.24. The number of rotatable bonds is 8. The highest BCUT2D eigenvalue weighted by atomic mass is 16.6. The molecule has 0 fully saturated rings. The minimum atomic E-state index is 0.143. The largest absolute Gasteiger partial charge is 0.486 e. The molecule has 4 aromatic rings. The first-order chi connectivity index (χ1) is 17.2. The minimum absolute atomic E-state index is 0.143. The van der Waals surface area contributed by atoms with Crippen molar-refractivity contribution in [3.05, 3.63) is 90.1 Å². The van der Waals surface area contributed by atoms with E-state index in [-0.39, 0.29) is 6.61 Å². The van der Waals surface area contributed by atoms with Crippen LogP contribution in [0, 0.1) is 6.92 Å². The molecule has 0 unspecified atom stereocenters. The maximum Gasteiger partial charge on any atom is 0.161 e. The Morgan fingerprint density at radius 2 is 1.66 bits per heavy atom. The van der Waals surface area contributed by atoms with Crippen LogP contribution in [0.1, 0.15) is 11.1 Å². The molecule has 0 spiro atoms. The lowest BCUT2D eigenvalue weighted by atomic mass is 9.98. The van der Waals surface area contributed by atoms with Crippen molar-refractivity contribution < 1.29 is 14.6 Å². The summed E-state index contributed by atoms with van der Waals surface area (Å²) in [7, 11) is 0. The van der Waals surface area contributed by atoms with Crippen molar-refractivity contribution in [2.24, 2.45) is 0 Å². The molecule has 0 atom stereocenters. The Balaban J connectivity index is 1.35. The predicted molar refractivity (Wildman–Crippen MR) is 139 cm³/mol. The third-order valence-corrected chi connectivity index (χ3v) is 6.11. The number of aromatic nitrogens is 1. The van der Waals surface area contributed by atoms with E-state index in [2.05, 4.69) is 77.1 Å². The number of aliphatic hydroxyl groups is 1. The van der Waals surface area contributed by atoms with E-state index >= 15 is 0 Å². The summed E-state index contributed by atoms with van der Waals surface area (Å²) in [5, 5.41) is 15.6. The first-order valence-electron chi connectivity index (χ1n) is 11.8. The van der Waals surface area contributed by atoms with Gasteiger partial charge in [-0.2, -0.15) is 0 Å². The molecule has 0 radical (unpaired) electrons. The van der Waals surface area contributed by atoms with Crippen molar-refractivity contribution >= 4 is 11.5 Å². The van der Waals surface area contributed by atoms with E-state index in [4.69, 9.17) is 14.6 Å². The molecule has 0 saturated carbocycles. The molecule has 6 nitrogen and oxygen atoms in total. The summed E-state index contributed by atoms with van der Waals surface area (Å²) in [4.78, 5) is 4.55. The standard InChI is InChI=1S/C29H29N3O3/c1-20-25(24-9-10-27-28(17-24)35-16-15-34-27)3-2-4-26(20)32-29-18-23(11-12-31-29)22-7-5-21(6-8-22)19-30-13-14-33/h2-12,17-18,30,33H,13-16,19H2,1H3,(H,31,32). The lowest BCUT2D eigenvalue weighted by molar-refractivity contribution is 0.171. The maximum absolute atomic E-state index is 8.92. The Morgan fingerprint density at radius 3 is 2.49 bits per heavy atom. The van der Waals surface area contributed by atoms with Crippen molar-refractivity contribution in [2.75, 3.05) is 31.7 Å². The van der Waals surface area contributed by atoms with Gasteiger partial charge in [-0.25, -0.2) is 4.98 Å². The quantitative estimate of drug-likeness (QED) is 0.305. The highest BCUT2D eigenvalue weighted by Crippen LogP contribution is 2.37. The number of aliphatic hydroxyl groups excluding tert-OH is 1. The van der Waals surface area contributed by atoms with Crippen LogP contribution in [0.25, 0.3) is 22.3 Å². The van der Waals surface area contributed by atoms with Gasteiger partial charge in [0.05, 0.1) is 6.61 Å². The number of hydrogen-bond donors (Lipinski definition) is 3. The zero-order valence-electron chi connectivity index (χ0n) is 19.8. The van der Waals surface area contributed by atoms with Gasteiger partial charge in [-0.15, -0.1) is 0 Å². The number of anilines is 2. The van der Waals surface area contributed by atoms with E-state index in [1.165, 1.54) is 5.56 Å². The van der Waals surface area contributed by atoms with Gasteiger partial charge in [-0.1, -0.05) is 42.5 Å². The second-order valence-corrected chi connectivity index (χ2v) is 8.49. The molecule has 2 heterocycles. The summed E-state index contributed by atoms with van der Waals surface area (Å²) in [5.41, 5.74) is 7.77. The number of nitrogens with zero attached hydrogens (tertiary/aromatic N) is 1. The van der Waals surface area contributed by atoms with Gasteiger partial charge in [0.1, 0.15) is 19.0 Å². The van der Waals surface area contributed by atoms with Gasteiger partial charge in [0.25, 0.3) is 0 Å². The van der Waals surface area contributed by atoms with Gasteiger partial charge in [0.2, 0.25) is 0 Å². The van der Waals surface area contributed by atoms with E-state index in [1.54, 1.807) is 0 Å². The summed E-state index contributed by atoms with van der Waals surface area (Å²) in [6, 6.07) is 24.8. The molecule has 6 heteroatoms. The highest BCUT2D eigenvalue weighted by Gasteiger charge is 2.14. The van der Waals surface area contributed by atoms with Crippen LogP contribution in [0.4, 0.5) is 11.5 Å². The Morgan fingerprint density at radius 1 is 0.857 bits per heavy atom. The zero-order valence-corrected chi connectivity index (χ0v) is 19.8. The van der Waals surface area contributed by atoms with Crippen molar-refractivity contribution in [3.63, 3.8) is 0 Å². The topological polar surface area (TPSA) is 75.6 Å². The van der Waals surface area contributed by atoms with Gasteiger partial charge < -0.3 is 25.2 Å². The van der Waals surface area contributed by atoms with Crippen LogP contribution in [-0.2, 0) is 6.54 Å². The summed E-state index contributed by atoms with van der Waals surface area (Å²) >= 11 is 0. The highest BCUT2D eigenvalue weighted by molar-refractivity contribution is 5.78. The lowest BCUT2D eigenvalue weighted by Crippen LogP contribution is -2.17. The number of hydrogen-bond acceptors (Lipinski definition) is 6. The Kier molecular flexibility index (Phi) is 6.93. The third-order valence-electron chi connectivity index (χ3n) is 6.11. The van der Waals surface area contributed by atoms with E-state index in [1.807, 2.05) is 24.4 Å². The number of fused-ring (bicyclic) bond motifs is 1. The molecule has 35 heavy (non-hydrogen) atoms. The van der Waals surface area contributed by atoms with Crippen LogP contribution in [0.5, 0.6) is 11.5 Å². The number of nitrogens with one attached hydrogen (secondary N) is 2. The van der Waals surface area contributed by atoms with E-state index in [9.17, 15) is 0 Å². The normalized spacial score (nSPS) is 12.4. The molecule has 0 bridgehead atoms. The molecular weight excluding hydrogens is 438 g/mol. The molecule has 0 amide bonds. The van der Waals surface area contributed by atoms with Crippen LogP contribution in [0.2, 0.25) is 0 Å². The van der Waals surface area contributed by atoms with Crippen LogP contribution >= 0.6 is 0 Å².